The first-order chi connectivity index (χ1) is 12.6. The number of aryl methyl sites for hydroxylation is 2. The van der Waals surface area contributed by atoms with Crippen LogP contribution in [0.5, 0.6) is 0 Å². The van der Waals surface area contributed by atoms with Gasteiger partial charge in [-0.25, -0.2) is 9.97 Å². The van der Waals surface area contributed by atoms with Gasteiger partial charge in [0.1, 0.15) is 0 Å². The highest BCUT2D eigenvalue weighted by molar-refractivity contribution is 7.89. The molecule has 2 atom stereocenters. The lowest BCUT2D eigenvalue weighted by molar-refractivity contribution is 0.202. The van der Waals surface area contributed by atoms with Gasteiger partial charge in [0.15, 0.2) is 0 Å². The smallest absolute Gasteiger partial charge is 0.265 e. The molecule has 0 aliphatic heterocycles. The molecule has 28 heavy (non-hydrogen) atoms. The van der Waals surface area contributed by atoms with Gasteiger partial charge < -0.3 is 10.2 Å². The molecule has 2 unspecified atom stereocenters. The summed E-state index contributed by atoms with van der Waals surface area (Å²) in [7, 11) is -8.59. The number of aromatic nitrogens is 2. The summed E-state index contributed by atoms with van der Waals surface area (Å²) in [4.78, 5) is 9.93. The second kappa shape index (κ2) is 11.9. The molecule has 0 amide bonds. The van der Waals surface area contributed by atoms with Crippen molar-refractivity contribution in [1.82, 2.24) is 9.97 Å². The fourth-order valence-electron chi connectivity index (χ4n) is 1.63. The number of rotatable bonds is 5. The quantitative estimate of drug-likeness (QED) is 0.465. The molecule has 0 fully saturated rings. The Morgan fingerprint density at radius 2 is 1.11 bits per heavy atom. The molecule has 0 radical (unpaired) electrons. The van der Waals surface area contributed by atoms with E-state index in [2.05, 4.69) is 9.97 Å². The molecule has 0 aliphatic carbocycles. The van der Waals surface area contributed by atoms with Crippen LogP contribution in [0.25, 0.3) is 0 Å². The van der Waals surface area contributed by atoms with Crippen LogP contribution < -0.4 is 0 Å². The summed E-state index contributed by atoms with van der Waals surface area (Å²) in [5.41, 5.74) is 5.37. The van der Waals surface area contributed by atoms with Gasteiger partial charge >= 0.3 is 0 Å². The lowest BCUT2D eigenvalue weighted by Crippen LogP contribution is -2.15. The Morgan fingerprint density at radius 3 is 1.21 bits per heavy atom. The molecule has 2 heterocycles. The van der Waals surface area contributed by atoms with E-state index < -0.39 is 31.7 Å². The standard InChI is InChI=1S/2C6H9NOS.C2H6O6S2/c2*1-4-6(5(2)8)9-3-7-4;3-9(4,5)1-2-10(6,7)8/h2*3,5,8H,1-2H3;1-2H2,(H,3,4,5)(H,6,7,8). The summed E-state index contributed by atoms with van der Waals surface area (Å²) >= 11 is 2.99. The molecular weight excluding hydrogens is 452 g/mol. The third-order valence-electron chi connectivity index (χ3n) is 2.92. The first-order valence-corrected chi connectivity index (χ1v) is 12.7. The van der Waals surface area contributed by atoms with Crippen molar-refractivity contribution in [3.05, 3.63) is 32.2 Å². The van der Waals surface area contributed by atoms with E-state index in [9.17, 15) is 16.8 Å². The number of hydrogen-bond acceptors (Lipinski definition) is 10. The minimum Gasteiger partial charge on any atom is -0.388 e. The molecule has 0 aliphatic rings. The minimum atomic E-state index is -4.30. The third kappa shape index (κ3) is 12.5. The van der Waals surface area contributed by atoms with Crippen molar-refractivity contribution < 1.29 is 36.2 Å². The van der Waals surface area contributed by atoms with Gasteiger partial charge in [-0.15, -0.1) is 22.7 Å². The van der Waals surface area contributed by atoms with Crippen LogP contribution in [0, 0.1) is 13.8 Å². The Morgan fingerprint density at radius 1 is 0.821 bits per heavy atom. The molecular formula is C14H24N2O8S4. The van der Waals surface area contributed by atoms with Crippen molar-refractivity contribution in [1.29, 1.82) is 0 Å². The maximum absolute atomic E-state index is 9.86. The Kier molecular flexibility index (Phi) is 11.4. The monoisotopic (exact) mass is 476 g/mol. The van der Waals surface area contributed by atoms with Crippen LogP contribution in [-0.4, -0.2) is 57.6 Å². The molecule has 0 saturated carbocycles. The van der Waals surface area contributed by atoms with Gasteiger partial charge in [-0.1, -0.05) is 0 Å². The molecule has 0 bridgehead atoms. The summed E-state index contributed by atoms with van der Waals surface area (Å²) in [5, 5.41) is 18.1. The Labute approximate surface area is 172 Å². The van der Waals surface area contributed by atoms with Gasteiger partial charge in [0.2, 0.25) is 0 Å². The van der Waals surface area contributed by atoms with E-state index in [0.717, 1.165) is 21.1 Å². The molecule has 14 heteroatoms. The van der Waals surface area contributed by atoms with Gasteiger partial charge in [0.25, 0.3) is 20.2 Å². The van der Waals surface area contributed by atoms with E-state index >= 15 is 0 Å². The van der Waals surface area contributed by atoms with Gasteiger partial charge in [0, 0.05) is 0 Å². The zero-order valence-corrected chi connectivity index (χ0v) is 18.9. The van der Waals surface area contributed by atoms with E-state index in [1.54, 1.807) is 24.9 Å². The van der Waals surface area contributed by atoms with Crippen molar-refractivity contribution in [2.75, 3.05) is 11.5 Å². The number of aliphatic hydroxyl groups excluding tert-OH is 2. The van der Waals surface area contributed by atoms with Crippen LogP contribution in [0.1, 0.15) is 47.2 Å². The fourth-order valence-corrected chi connectivity index (χ4v) is 4.81. The largest absolute Gasteiger partial charge is 0.388 e. The van der Waals surface area contributed by atoms with E-state index in [0.29, 0.717) is 0 Å². The second-order valence-corrected chi connectivity index (χ2v) is 10.4. The highest BCUT2D eigenvalue weighted by Crippen LogP contribution is 2.20. The summed E-state index contributed by atoms with van der Waals surface area (Å²) in [6.07, 6.45) is -0.727. The van der Waals surface area contributed by atoms with Gasteiger partial charge in [0.05, 0.1) is 55.9 Å². The molecule has 0 aromatic carbocycles. The predicted octanol–water partition coefficient (Wildman–Crippen LogP) is 1.77. The average Bonchev–Trinajstić information content (AvgIpc) is 3.13. The number of nitrogens with zero attached hydrogens (tertiary/aromatic N) is 2. The Balaban J connectivity index is 0.000000391. The summed E-state index contributed by atoms with van der Waals surface area (Å²) in [5.74, 6) is -1.96. The molecule has 10 nitrogen and oxygen atoms in total. The van der Waals surface area contributed by atoms with Crippen LogP contribution >= 0.6 is 22.7 Å². The minimum absolute atomic E-state index is 0.363. The summed E-state index contributed by atoms with van der Waals surface area (Å²) in [6.45, 7) is 7.30. The maximum atomic E-state index is 9.86. The number of hydrogen-bond donors (Lipinski definition) is 4. The third-order valence-corrected chi connectivity index (χ3v) is 6.82. The zero-order chi connectivity index (χ0) is 22.1. The number of aliphatic hydroxyl groups is 2. The highest BCUT2D eigenvalue weighted by atomic mass is 32.2. The number of thiazole rings is 2. The van der Waals surface area contributed by atoms with Crippen LogP contribution in [0.3, 0.4) is 0 Å². The van der Waals surface area contributed by atoms with Crippen molar-refractivity contribution in [2.45, 2.75) is 39.9 Å². The zero-order valence-electron chi connectivity index (χ0n) is 15.7. The van der Waals surface area contributed by atoms with Crippen LogP contribution in [0.4, 0.5) is 0 Å². The van der Waals surface area contributed by atoms with E-state index in [1.165, 1.54) is 22.7 Å². The van der Waals surface area contributed by atoms with Crippen molar-refractivity contribution in [2.24, 2.45) is 0 Å². The summed E-state index contributed by atoms with van der Waals surface area (Å²) in [6, 6.07) is 0. The first-order valence-electron chi connectivity index (χ1n) is 7.70. The van der Waals surface area contributed by atoms with Gasteiger partial charge in [-0.05, 0) is 27.7 Å². The second-order valence-electron chi connectivity index (χ2n) is 5.53. The van der Waals surface area contributed by atoms with Crippen LogP contribution in [0.2, 0.25) is 0 Å². The Bertz CT molecular complexity index is 841. The Hall–Kier alpha value is -1.00. The molecule has 0 saturated heterocycles. The van der Waals surface area contributed by atoms with E-state index in [-0.39, 0.29) is 12.2 Å². The molecule has 2 aromatic rings. The molecule has 2 aromatic heterocycles. The van der Waals surface area contributed by atoms with Crippen molar-refractivity contribution in [3.8, 4) is 0 Å². The SMILES string of the molecule is Cc1ncsc1C(C)O.Cc1ncsc1C(C)O.O=S(=O)(O)CCS(=O)(=O)O. The fraction of sp³-hybridized carbons (Fsp3) is 0.571. The average molecular weight is 477 g/mol. The first kappa shape index (κ1) is 27.0. The lowest BCUT2D eigenvalue weighted by Gasteiger charge is -1.98. The lowest BCUT2D eigenvalue weighted by atomic mass is 10.3. The van der Waals surface area contributed by atoms with Gasteiger partial charge in [-0.3, -0.25) is 9.11 Å². The van der Waals surface area contributed by atoms with Crippen LogP contribution in [0.15, 0.2) is 11.0 Å². The molecule has 0 spiro atoms. The van der Waals surface area contributed by atoms with Crippen molar-refractivity contribution in [3.63, 3.8) is 0 Å². The van der Waals surface area contributed by atoms with Crippen molar-refractivity contribution >= 4 is 42.9 Å². The van der Waals surface area contributed by atoms with E-state index in [4.69, 9.17) is 19.3 Å². The predicted molar refractivity (Wildman–Crippen MR) is 108 cm³/mol. The topological polar surface area (TPSA) is 175 Å². The van der Waals surface area contributed by atoms with E-state index in [1.807, 2.05) is 13.8 Å². The molecule has 162 valence electrons. The maximum Gasteiger partial charge on any atom is 0.265 e. The van der Waals surface area contributed by atoms with Crippen LogP contribution in [-0.2, 0) is 20.2 Å². The van der Waals surface area contributed by atoms with Gasteiger partial charge in [-0.2, -0.15) is 16.8 Å². The molecule has 2 rings (SSSR count). The normalized spacial score (nSPS) is 13.6. The summed E-state index contributed by atoms with van der Waals surface area (Å²) < 4.78 is 55.4. The molecule has 4 N–H and O–H groups in total. The highest BCUT2D eigenvalue weighted by Gasteiger charge is 2.11.